The van der Waals surface area contributed by atoms with Crippen LogP contribution in [0.15, 0.2) is 29.6 Å². The smallest absolute Gasteiger partial charge is 0.370 e. The van der Waals surface area contributed by atoms with E-state index in [9.17, 15) is 21.6 Å². The highest BCUT2D eigenvalue weighted by Crippen LogP contribution is 2.35. The van der Waals surface area contributed by atoms with E-state index in [1.807, 2.05) is 6.92 Å². The van der Waals surface area contributed by atoms with Crippen molar-refractivity contribution in [1.82, 2.24) is 29.1 Å². The molecule has 4 aromatic heterocycles. The Balaban J connectivity index is 2.07. The number of rotatable bonds is 5. The molecule has 0 fully saturated rings. The molecule has 1 N–H and O–H groups in total. The van der Waals surface area contributed by atoms with Crippen LogP contribution in [-0.4, -0.2) is 49.8 Å². The van der Waals surface area contributed by atoms with Gasteiger partial charge in [-0.25, -0.2) is 23.4 Å². The second-order valence-corrected chi connectivity index (χ2v) is 8.92. The number of hydrogen-bond donors (Lipinski definition) is 1. The van der Waals surface area contributed by atoms with Gasteiger partial charge in [-0.3, -0.25) is 0 Å². The molecule has 0 aliphatic carbocycles. The molecular formula is C18H18F3N7O2S. The standard InChI is InChI=1S/C18H18F3N7O2S/c1-4-22-13-6-7-23-15-14(17(26-28(13)15)31(29,30)5-2)16-25-10-8-12(18(19,20)21)24-9-11(10)27(16)3/h6-9,22H,4-5H2,1-3H3. The predicted molar refractivity (Wildman–Crippen MR) is 107 cm³/mol. The molecule has 0 amide bonds. The maximum absolute atomic E-state index is 13.1. The Morgan fingerprint density at radius 3 is 2.58 bits per heavy atom. The maximum atomic E-state index is 13.1. The first-order valence-corrected chi connectivity index (χ1v) is 11.0. The van der Waals surface area contributed by atoms with Gasteiger partial charge in [0.05, 0.1) is 23.0 Å². The second-order valence-electron chi connectivity index (χ2n) is 6.73. The minimum Gasteiger partial charge on any atom is -0.370 e. The summed E-state index contributed by atoms with van der Waals surface area (Å²) in [7, 11) is -2.24. The lowest BCUT2D eigenvalue weighted by Crippen LogP contribution is -2.08. The van der Waals surface area contributed by atoms with Gasteiger partial charge in [-0.2, -0.15) is 22.8 Å². The number of aromatic nitrogens is 6. The molecule has 0 atom stereocenters. The zero-order valence-electron chi connectivity index (χ0n) is 16.8. The number of nitrogens with one attached hydrogen (secondary N) is 1. The Labute approximate surface area is 174 Å². The molecule has 9 nitrogen and oxygen atoms in total. The number of imidazole rings is 1. The van der Waals surface area contributed by atoms with Gasteiger partial charge in [0, 0.05) is 19.8 Å². The van der Waals surface area contributed by atoms with Crippen molar-refractivity contribution in [2.24, 2.45) is 7.05 Å². The summed E-state index contributed by atoms with van der Waals surface area (Å²) in [4.78, 5) is 12.1. The number of nitrogens with zero attached hydrogens (tertiary/aromatic N) is 6. The molecule has 0 saturated carbocycles. The number of pyridine rings is 1. The average molecular weight is 453 g/mol. The number of halogens is 3. The average Bonchev–Trinajstić information content (AvgIpc) is 3.26. The number of anilines is 1. The summed E-state index contributed by atoms with van der Waals surface area (Å²) in [5.41, 5.74) is -0.410. The zero-order valence-corrected chi connectivity index (χ0v) is 17.6. The third-order valence-corrected chi connectivity index (χ3v) is 6.44. The second kappa shape index (κ2) is 7.18. The van der Waals surface area contributed by atoms with Crippen LogP contribution in [0.5, 0.6) is 0 Å². The molecule has 4 heterocycles. The van der Waals surface area contributed by atoms with Gasteiger partial charge in [0.25, 0.3) is 0 Å². The van der Waals surface area contributed by atoms with Gasteiger partial charge in [-0.1, -0.05) is 6.92 Å². The normalized spacial score (nSPS) is 12.7. The number of sulfone groups is 1. The highest BCUT2D eigenvalue weighted by molar-refractivity contribution is 7.91. The first-order valence-electron chi connectivity index (χ1n) is 9.32. The van der Waals surface area contributed by atoms with Crippen molar-refractivity contribution in [2.45, 2.75) is 25.0 Å². The van der Waals surface area contributed by atoms with E-state index < -0.39 is 21.7 Å². The molecule has 0 spiro atoms. The van der Waals surface area contributed by atoms with E-state index in [1.165, 1.54) is 22.2 Å². The van der Waals surface area contributed by atoms with E-state index in [1.54, 1.807) is 13.1 Å². The molecule has 164 valence electrons. The van der Waals surface area contributed by atoms with Crippen molar-refractivity contribution in [2.75, 3.05) is 17.6 Å². The van der Waals surface area contributed by atoms with Crippen LogP contribution in [0, 0.1) is 0 Å². The van der Waals surface area contributed by atoms with Gasteiger partial charge < -0.3 is 9.88 Å². The van der Waals surface area contributed by atoms with E-state index in [0.717, 1.165) is 12.3 Å². The minimum atomic E-state index is -4.63. The van der Waals surface area contributed by atoms with Crippen LogP contribution in [-0.2, 0) is 23.1 Å². The van der Waals surface area contributed by atoms with Crippen molar-refractivity contribution < 1.29 is 21.6 Å². The molecule has 4 rings (SSSR count). The van der Waals surface area contributed by atoms with Crippen LogP contribution in [0.1, 0.15) is 19.5 Å². The van der Waals surface area contributed by atoms with Crippen molar-refractivity contribution in [3.05, 3.63) is 30.2 Å². The van der Waals surface area contributed by atoms with E-state index in [2.05, 4.69) is 25.4 Å². The summed E-state index contributed by atoms with van der Waals surface area (Å²) < 4.78 is 67.7. The molecule has 0 aromatic carbocycles. The van der Waals surface area contributed by atoms with Crippen molar-refractivity contribution in [3.63, 3.8) is 0 Å². The SMILES string of the molecule is CCNc1ccnc2c(-c3nc4cc(C(F)(F)F)ncc4n3C)c(S(=O)(=O)CC)nn12. The van der Waals surface area contributed by atoms with E-state index >= 15 is 0 Å². The van der Waals surface area contributed by atoms with E-state index in [4.69, 9.17) is 0 Å². The monoisotopic (exact) mass is 453 g/mol. The molecule has 0 radical (unpaired) electrons. The number of alkyl halides is 3. The van der Waals surface area contributed by atoms with Gasteiger partial charge in [0.15, 0.2) is 20.5 Å². The number of fused-ring (bicyclic) bond motifs is 2. The van der Waals surface area contributed by atoms with Crippen LogP contribution in [0.25, 0.3) is 28.1 Å². The Kier molecular flexibility index (Phi) is 4.87. The highest BCUT2D eigenvalue weighted by atomic mass is 32.2. The zero-order chi connectivity index (χ0) is 22.6. The predicted octanol–water partition coefficient (Wildman–Crippen LogP) is 2.92. The Hall–Kier alpha value is -3.22. The molecule has 4 aromatic rings. The van der Waals surface area contributed by atoms with Gasteiger partial charge in [-0.15, -0.1) is 0 Å². The van der Waals surface area contributed by atoms with Gasteiger partial charge >= 0.3 is 6.18 Å². The van der Waals surface area contributed by atoms with Gasteiger partial charge in [-0.05, 0) is 19.1 Å². The van der Waals surface area contributed by atoms with E-state index in [-0.39, 0.29) is 33.3 Å². The van der Waals surface area contributed by atoms with Crippen LogP contribution >= 0.6 is 0 Å². The van der Waals surface area contributed by atoms with Crippen molar-refractivity contribution in [3.8, 4) is 11.4 Å². The largest absolute Gasteiger partial charge is 0.433 e. The Bertz CT molecular complexity index is 1410. The lowest BCUT2D eigenvalue weighted by molar-refractivity contribution is -0.141. The minimum absolute atomic E-state index is 0.0295. The fraction of sp³-hybridized carbons (Fsp3) is 0.333. The third kappa shape index (κ3) is 3.38. The third-order valence-electron chi connectivity index (χ3n) is 4.80. The van der Waals surface area contributed by atoms with Gasteiger partial charge in [0.2, 0.25) is 0 Å². The maximum Gasteiger partial charge on any atom is 0.433 e. The first kappa shape index (κ1) is 21.0. The lowest BCUT2D eigenvalue weighted by Gasteiger charge is -2.06. The lowest BCUT2D eigenvalue weighted by atomic mass is 10.3. The van der Waals surface area contributed by atoms with Crippen molar-refractivity contribution in [1.29, 1.82) is 0 Å². The molecular weight excluding hydrogens is 435 g/mol. The number of hydrogen-bond acceptors (Lipinski definition) is 7. The Morgan fingerprint density at radius 1 is 1.19 bits per heavy atom. The number of aryl methyl sites for hydroxylation is 1. The van der Waals surface area contributed by atoms with Gasteiger partial charge in [0.1, 0.15) is 22.9 Å². The molecule has 13 heteroatoms. The van der Waals surface area contributed by atoms with Crippen LogP contribution < -0.4 is 5.32 Å². The van der Waals surface area contributed by atoms with Crippen molar-refractivity contribution >= 4 is 32.3 Å². The molecule has 0 bridgehead atoms. The summed E-state index contributed by atoms with van der Waals surface area (Å²) in [6.07, 6.45) is -2.08. The summed E-state index contributed by atoms with van der Waals surface area (Å²) in [5, 5.41) is 7.11. The van der Waals surface area contributed by atoms with Crippen LogP contribution in [0.3, 0.4) is 0 Å². The Morgan fingerprint density at radius 2 is 1.94 bits per heavy atom. The van der Waals surface area contributed by atoms with E-state index in [0.29, 0.717) is 17.9 Å². The highest BCUT2D eigenvalue weighted by Gasteiger charge is 2.34. The molecule has 0 aliphatic heterocycles. The molecule has 31 heavy (non-hydrogen) atoms. The van der Waals surface area contributed by atoms with Crippen LogP contribution in [0.4, 0.5) is 19.0 Å². The topological polar surface area (TPSA) is 107 Å². The molecule has 0 unspecified atom stereocenters. The summed E-state index contributed by atoms with van der Waals surface area (Å²) in [6, 6.07) is 2.47. The quantitative estimate of drug-likeness (QED) is 0.495. The molecule has 0 saturated heterocycles. The summed E-state index contributed by atoms with van der Waals surface area (Å²) in [5.74, 6) is 0.426. The fourth-order valence-corrected chi connectivity index (χ4v) is 4.23. The summed E-state index contributed by atoms with van der Waals surface area (Å²) in [6.45, 7) is 3.91. The fourth-order valence-electron chi connectivity index (χ4n) is 3.26. The van der Waals surface area contributed by atoms with Crippen LogP contribution in [0.2, 0.25) is 0 Å². The summed E-state index contributed by atoms with van der Waals surface area (Å²) >= 11 is 0. The molecule has 0 aliphatic rings. The first-order chi connectivity index (χ1) is 14.6.